The van der Waals surface area contributed by atoms with Gasteiger partial charge in [-0.1, -0.05) is 15.9 Å². The molecule has 2 saturated heterocycles. The summed E-state index contributed by atoms with van der Waals surface area (Å²) in [6, 6.07) is 12.7. The van der Waals surface area contributed by atoms with Gasteiger partial charge in [0, 0.05) is 47.1 Å². The fourth-order valence-corrected chi connectivity index (χ4v) is 5.95. The van der Waals surface area contributed by atoms with Gasteiger partial charge in [0.2, 0.25) is 0 Å². The lowest BCUT2D eigenvalue weighted by Gasteiger charge is -2.44. The summed E-state index contributed by atoms with van der Waals surface area (Å²) >= 11 is 5.26. The monoisotopic (exact) mass is 504 g/mol. The van der Waals surface area contributed by atoms with E-state index in [1.165, 1.54) is 0 Å². The molecule has 2 fully saturated rings. The minimum Gasteiger partial charge on any atom is -0.497 e. The van der Waals surface area contributed by atoms with Crippen LogP contribution in [0, 0.1) is 0 Å². The maximum absolute atomic E-state index is 13.2. The number of methoxy groups -OCH3 is 2. The van der Waals surface area contributed by atoms with E-state index in [0.29, 0.717) is 35.7 Å². The maximum Gasteiger partial charge on any atom is 0.254 e. The number of rotatable bonds is 4. The highest BCUT2D eigenvalue weighted by Crippen LogP contribution is 2.44. The molecule has 2 aromatic rings. The van der Waals surface area contributed by atoms with Crippen LogP contribution in [0.5, 0.6) is 11.5 Å². The number of carbonyl (C=O) groups excluding carboxylic acids is 2. The van der Waals surface area contributed by atoms with Crippen LogP contribution in [0.15, 0.2) is 46.9 Å². The molecule has 31 heavy (non-hydrogen) atoms. The van der Waals surface area contributed by atoms with Crippen molar-refractivity contribution in [1.29, 1.82) is 0 Å². The number of ether oxygens (including phenoxy) is 2. The minimum absolute atomic E-state index is 0.0409. The number of nitrogens with zero attached hydrogens (tertiary/aromatic N) is 2. The van der Waals surface area contributed by atoms with Gasteiger partial charge in [-0.3, -0.25) is 9.59 Å². The van der Waals surface area contributed by atoms with Gasteiger partial charge in [-0.15, -0.1) is 11.8 Å². The van der Waals surface area contributed by atoms with E-state index in [2.05, 4.69) is 15.9 Å². The van der Waals surface area contributed by atoms with E-state index < -0.39 is 0 Å². The Hall–Kier alpha value is -2.19. The molecule has 0 bridgehead atoms. The van der Waals surface area contributed by atoms with Crippen molar-refractivity contribution >= 4 is 39.5 Å². The van der Waals surface area contributed by atoms with Gasteiger partial charge in [-0.2, -0.15) is 0 Å². The molecule has 0 aliphatic carbocycles. The molecule has 0 radical (unpaired) electrons. The van der Waals surface area contributed by atoms with Crippen molar-refractivity contribution in [2.75, 3.05) is 39.6 Å². The average Bonchev–Trinajstić information content (AvgIpc) is 3.21. The summed E-state index contributed by atoms with van der Waals surface area (Å²) in [5.74, 6) is 2.13. The molecule has 6 nitrogen and oxygen atoms in total. The van der Waals surface area contributed by atoms with Crippen LogP contribution in [0.25, 0.3) is 0 Å². The number of hydrogen-bond acceptors (Lipinski definition) is 5. The van der Waals surface area contributed by atoms with Gasteiger partial charge in [0.05, 0.1) is 19.1 Å². The first-order chi connectivity index (χ1) is 15.0. The molecule has 1 spiro atoms. The molecule has 2 heterocycles. The lowest BCUT2D eigenvalue weighted by atomic mass is 10.00. The molecule has 0 unspecified atom stereocenters. The van der Waals surface area contributed by atoms with E-state index in [1.54, 1.807) is 32.4 Å². The van der Waals surface area contributed by atoms with Crippen molar-refractivity contribution in [2.45, 2.75) is 17.7 Å². The van der Waals surface area contributed by atoms with Crippen molar-refractivity contribution in [3.05, 3.63) is 58.1 Å². The molecule has 8 heteroatoms. The van der Waals surface area contributed by atoms with Crippen molar-refractivity contribution in [2.24, 2.45) is 0 Å². The second-order valence-electron chi connectivity index (χ2n) is 7.65. The molecule has 2 aromatic carbocycles. The summed E-state index contributed by atoms with van der Waals surface area (Å²) in [7, 11) is 3.14. The highest BCUT2D eigenvalue weighted by molar-refractivity contribution is 9.10. The summed E-state index contributed by atoms with van der Waals surface area (Å²) in [4.78, 5) is 30.0. The average molecular weight is 505 g/mol. The highest BCUT2D eigenvalue weighted by atomic mass is 79.9. The molecule has 0 atom stereocenters. The van der Waals surface area contributed by atoms with Gasteiger partial charge in [0.25, 0.3) is 11.8 Å². The number of amides is 2. The second-order valence-corrected chi connectivity index (χ2v) is 10.0. The zero-order valence-electron chi connectivity index (χ0n) is 17.6. The van der Waals surface area contributed by atoms with E-state index in [4.69, 9.17) is 9.47 Å². The molecule has 2 amide bonds. The predicted molar refractivity (Wildman–Crippen MR) is 125 cm³/mol. The first-order valence-corrected chi connectivity index (χ1v) is 12.0. The number of halogens is 1. The first-order valence-electron chi connectivity index (χ1n) is 10.2. The Morgan fingerprint density at radius 3 is 2.10 bits per heavy atom. The third-order valence-electron chi connectivity index (χ3n) is 5.94. The van der Waals surface area contributed by atoms with Gasteiger partial charge in [-0.25, -0.2) is 0 Å². The number of hydrogen-bond donors (Lipinski definition) is 0. The number of carbonyl (C=O) groups is 2. The second kappa shape index (κ2) is 9.12. The van der Waals surface area contributed by atoms with Crippen LogP contribution < -0.4 is 9.47 Å². The van der Waals surface area contributed by atoms with Crippen molar-refractivity contribution in [1.82, 2.24) is 9.80 Å². The molecule has 164 valence electrons. The van der Waals surface area contributed by atoms with Crippen LogP contribution in [-0.4, -0.2) is 66.1 Å². The number of benzene rings is 2. The van der Waals surface area contributed by atoms with Gasteiger partial charge >= 0.3 is 0 Å². The van der Waals surface area contributed by atoms with E-state index in [-0.39, 0.29) is 16.7 Å². The first kappa shape index (κ1) is 22.0. The SMILES string of the molecule is COc1cc(OC)cc(C(=O)N2CCC3(CC2)SCCN3C(=O)c2ccc(Br)cc2)c1. The fraction of sp³-hybridized carbons (Fsp3) is 0.391. The lowest BCUT2D eigenvalue weighted by molar-refractivity contribution is 0.0497. The van der Waals surface area contributed by atoms with Gasteiger partial charge in [0.1, 0.15) is 11.5 Å². The Kier molecular flexibility index (Phi) is 6.48. The van der Waals surface area contributed by atoms with Crippen LogP contribution in [0.1, 0.15) is 33.6 Å². The summed E-state index contributed by atoms with van der Waals surface area (Å²) in [5, 5.41) is 0. The van der Waals surface area contributed by atoms with Crippen molar-refractivity contribution in [3.63, 3.8) is 0 Å². The Balaban J connectivity index is 1.47. The lowest BCUT2D eigenvalue weighted by Crippen LogP contribution is -2.53. The Bertz CT molecular complexity index is 952. The fourth-order valence-electron chi connectivity index (χ4n) is 4.23. The Morgan fingerprint density at radius 2 is 1.52 bits per heavy atom. The zero-order chi connectivity index (χ0) is 22.0. The van der Waals surface area contributed by atoms with Crippen molar-refractivity contribution < 1.29 is 19.1 Å². The largest absolute Gasteiger partial charge is 0.497 e. The van der Waals surface area contributed by atoms with Gasteiger partial charge < -0.3 is 19.3 Å². The topological polar surface area (TPSA) is 59.1 Å². The molecule has 2 aliphatic heterocycles. The number of likely N-dealkylation sites (tertiary alicyclic amines) is 1. The van der Waals surface area contributed by atoms with E-state index in [1.807, 2.05) is 45.8 Å². The smallest absolute Gasteiger partial charge is 0.254 e. The van der Waals surface area contributed by atoms with Crippen LogP contribution in [0.3, 0.4) is 0 Å². The summed E-state index contributed by atoms with van der Waals surface area (Å²) in [6.45, 7) is 1.95. The Labute approximate surface area is 195 Å². The third kappa shape index (κ3) is 4.41. The Morgan fingerprint density at radius 1 is 0.903 bits per heavy atom. The molecular weight excluding hydrogens is 480 g/mol. The van der Waals surface area contributed by atoms with Crippen LogP contribution in [0.2, 0.25) is 0 Å². The van der Waals surface area contributed by atoms with Gasteiger partial charge in [0.15, 0.2) is 0 Å². The molecule has 0 saturated carbocycles. The summed E-state index contributed by atoms with van der Waals surface area (Å²) in [5.41, 5.74) is 1.25. The number of thioether (sulfide) groups is 1. The molecule has 0 N–H and O–H groups in total. The van der Waals surface area contributed by atoms with E-state index in [9.17, 15) is 9.59 Å². The molecule has 4 rings (SSSR count). The van der Waals surface area contributed by atoms with E-state index in [0.717, 1.165) is 29.6 Å². The summed E-state index contributed by atoms with van der Waals surface area (Å²) in [6.07, 6.45) is 1.51. The quantitative estimate of drug-likeness (QED) is 0.621. The minimum atomic E-state index is -0.243. The third-order valence-corrected chi connectivity index (χ3v) is 8.03. The summed E-state index contributed by atoms with van der Waals surface area (Å²) < 4.78 is 11.6. The van der Waals surface area contributed by atoms with Crippen LogP contribution >= 0.6 is 27.7 Å². The maximum atomic E-state index is 13.2. The molecule has 0 aromatic heterocycles. The standard InChI is InChI=1S/C23H25BrN2O4S/c1-29-19-13-17(14-20(15-19)30-2)21(27)25-9-7-23(8-10-25)26(11-12-31-23)22(28)16-3-5-18(24)6-4-16/h3-6,13-15H,7-12H2,1-2H3. The number of piperidine rings is 1. The zero-order valence-corrected chi connectivity index (χ0v) is 20.0. The molecule has 2 aliphatic rings. The normalized spacial score (nSPS) is 17.6. The van der Waals surface area contributed by atoms with Gasteiger partial charge in [-0.05, 0) is 49.2 Å². The van der Waals surface area contributed by atoms with Crippen molar-refractivity contribution in [3.8, 4) is 11.5 Å². The predicted octanol–water partition coefficient (Wildman–Crippen LogP) is 4.29. The van der Waals surface area contributed by atoms with Crippen LogP contribution in [0.4, 0.5) is 0 Å². The highest BCUT2D eigenvalue weighted by Gasteiger charge is 2.47. The van der Waals surface area contributed by atoms with E-state index >= 15 is 0 Å². The molecular formula is C23H25BrN2O4S. The van der Waals surface area contributed by atoms with Crippen LogP contribution in [-0.2, 0) is 0 Å².